The molecule has 35 heavy (non-hydrogen) atoms. The van der Waals surface area contributed by atoms with E-state index in [1.54, 1.807) is 57.2 Å². The van der Waals surface area contributed by atoms with Gasteiger partial charge in [0.1, 0.15) is 11.6 Å². The van der Waals surface area contributed by atoms with E-state index in [1.807, 2.05) is 18.2 Å². The van der Waals surface area contributed by atoms with Crippen molar-refractivity contribution in [3.05, 3.63) is 77.9 Å². The van der Waals surface area contributed by atoms with Gasteiger partial charge in [0.05, 0.1) is 12.0 Å². The molecule has 1 aliphatic carbocycles. The lowest BCUT2D eigenvalue weighted by atomic mass is 9.75. The quantitative estimate of drug-likeness (QED) is 0.455. The van der Waals surface area contributed by atoms with E-state index in [4.69, 9.17) is 9.47 Å². The summed E-state index contributed by atoms with van der Waals surface area (Å²) in [6.07, 6.45) is 1.39. The van der Waals surface area contributed by atoms with Gasteiger partial charge in [-0.1, -0.05) is 54.6 Å². The third kappa shape index (κ3) is 5.56. The van der Waals surface area contributed by atoms with Crippen LogP contribution in [0.5, 0.6) is 0 Å². The zero-order valence-electron chi connectivity index (χ0n) is 20.4. The van der Waals surface area contributed by atoms with Gasteiger partial charge in [0.2, 0.25) is 0 Å². The number of anilines is 1. The van der Waals surface area contributed by atoms with E-state index < -0.39 is 23.2 Å². The highest BCUT2D eigenvalue weighted by atomic mass is 16.6. The molecule has 2 aromatic rings. The smallest absolute Gasteiger partial charge is 0.408 e. The van der Waals surface area contributed by atoms with Gasteiger partial charge < -0.3 is 20.1 Å². The first kappa shape index (κ1) is 24.5. The highest BCUT2D eigenvalue weighted by Gasteiger charge is 2.55. The molecule has 7 nitrogen and oxygen atoms in total. The Morgan fingerprint density at radius 3 is 2.49 bits per heavy atom. The van der Waals surface area contributed by atoms with Gasteiger partial charge in [0, 0.05) is 11.6 Å². The molecule has 7 heteroatoms. The molecule has 2 fully saturated rings. The molecular formula is C28H32N2O5. The molecule has 2 aromatic carbocycles. The zero-order valence-corrected chi connectivity index (χ0v) is 20.4. The molecule has 1 heterocycles. The number of cyclic esters (lactones) is 1. The van der Waals surface area contributed by atoms with Crippen LogP contribution in [0.2, 0.25) is 0 Å². The first-order valence-electron chi connectivity index (χ1n) is 11.8. The molecule has 4 rings (SSSR count). The Hall–Kier alpha value is -3.61. The fourth-order valence-corrected chi connectivity index (χ4v) is 4.92. The lowest BCUT2D eigenvalue weighted by Gasteiger charge is -2.24. The van der Waals surface area contributed by atoms with E-state index in [-0.39, 0.29) is 17.8 Å². The normalized spacial score (nSPS) is 22.2. The van der Waals surface area contributed by atoms with Gasteiger partial charge in [0.15, 0.2) is 0 Å². The van der Waals surface area contributed by atoms with Crippen molar-refractivity contribution in [3.63, 3.8) is 0 Å². The zero-order chi connectivity index (χ0) is 25.2. The summed E-state index contributed by atoms with van der Waals surface area (Å²) in [6, 6.07) is 15.5. The summed E-state index contributed by atoms with van der Waals surface area (Å²) < 4.78 is 10.7. The average Bonchev–Trinajstić information content (AvgIpc) is 3.26. The first-order valence-corrected chi connectivity index (χ1v) is 11.8. The number of benzene rings is 2. The van der Waals surface area contributed by atoms with Crippen molar-refractivity contribution in [3.8, 4) is 0 Å². The van der Waals surface area contributed by atoms with Crippen molar-refractivity contribution in [2.75, 3.05) is 11.9 Å². The Bertz CT molecular complexity index is 1120. The SMILES string of the molecule is C=C1CC2COC(=O)C2(Cc2ccc(NC(=O)C(NC(=O)OC(C)(C)C)c3ccccc3)cc2)C1. The second-order valence-corrected chi connectivity index (χ2v) is 10.4. The maximum absolute atomic E-state index is 13.2. The molecule has 1 saturated heterocycles. The number of alkyl carbamates (subject to hydrolysis) is 1. The molecule has 0 radical (unpaired) electrons. The highest BCUT2D eigenvalue weighted by Crippen LogP contribution is 2.52. The number of hydrogen-bond acceptors (Lipinski definition) is 5. The molecule has 0 bridgehead atoms. The molecule has 3 unspecified atom stereocenters. The average molecular weight is 477 g/mol. The lowest BCUT2D eigenvalue weighted by molar-refractivity contribution is -0.146. The van der Waals surface area contributed by atoms with E-state index in [1.165, 1.54) is 0 Å². The van der Waals surface area contributed by atoms with Crippen molar-refractivity contribution in [2.45, 2.75) is 51.7 Å². The summed E-state index contributed by atoms with van der Waals surface area (Å²) in [5.41, 5.74) is 2.10. The van der Waals surface area contributed by atoms with Gasteiger partial charge in [-0.2, -0.15) is 0 Å². The minimum atomic E-state index is -0.928. The third-order valence-electron chi connectivity index (χ3n) is 6.50. The summed E-state index contributed by atoms with van der Waals surface area (Å²) in [6.45, 7) is 9.84. The lowest BCUT2D eigenvalue weighted by Crippen LogP contribution is -2.40. The van der Waals surface area contributed by atoms with Gasteiger partial charge in [-0.3, -0.25) is 9.59 Å². The molecule has 184 valence electrons. The first-order chi connectivity index (χ1) is 16.6. The number of nitrogens with one attached hydrogen (secondary N) is 2. The van der Waals surface area contributed by atoms with Crippen molar-refractivity contribution < 1.29 is 23.9 Å². The second kappa shape index (κ2) is 9.56. The summed E-state index contributed by atoms with van der Waals surface area (Å²) in [5, 5.41) is 5.55. The topological polar surface area (TPSA) is 93.7 Å². The molecule has 3 atom stereocenters. The Labute approximate surface area is 205 Å². The maximum atomic E-state index is 13.2. The number of carbonyl (C=O) groups excluding carboxylic acids is 3. The third-order valence-corrected chi connectivity index (χ3v) is 6.50. The van der Waals surface area contributed by atoms with E-state index in [0.29, 0.717) is 30.7 Å². The minimum Gasteiger partial charge on any atom is -0.465 e. The fourth-order valence-electron chi connectivity index (χ4n) is 4.92. The van der Waals surface area contributed by atoms with E-state index >= 15 is 0 Å². The number of hydrogen-bond donors (Lipinski definition) is 2. The summed E-state index contributed by atoms with van der Waals surface area (Å²) in [7, 11) is 0. The van der Waals surface area contributed by atoms with Gasteiger partial charge in [-0.25, -0.2) is 4.79 Å². The second-order valence-electron chi connectivity index (χ2n) is 10.4. The van der Waals surface area contributed by atoms with Crippen LogP contribution in [-0.2, 0) is 25.5 Å². The van der Waals surface area contributed by atoms with Crippen LogP contribution in [0.25, 0.3) is 0 Å². The van der Waals surface area contributed by atoms with Crippen molar-refractivity contribution in [2.24, 2.45) is 11.3 Å². The van der Waals surface area contributed by atoms with Crippen LogP contribution in [0.3, 0.4) is 0 Å². The number of rotatable bonds is 6. The summed E-state index contributed by atoms with van der Waals surface area (Å²) in [5.74, 6) is -0.357. The molecule has 1 saturated carbocycles. The van der Waals surface area contributed by atoms with Crippen LogP contribution < -0.4 is 10.6 Å². The van der Waals surface area contributed by atoms with Gasteiger partial charge >= 0.3 is 12.1 Å². The Kier molecular flexibility index (Phi) is 6.70. The van der Waals surface area contributed by atoms with Crippen molar-refractivity contribution in [1.29, 1.82) is 0 Å². The number of carbonyl (C=O) groups is 3. The molecule has 2 aliphatic rings. The molecule has 0 spiro atoms. The molecular weight excluding hydrogens is 444 g/mol. The van der Waals surface area contributed by atoms with Crippen LogP contribution in [0.15, 0.2) is 66.7 Å². The number of amides is 2. The Morgan fingerprint density at radius 2 is 1.83 bits per heavy atom. The maximum Gasteiger partial charge on any atom is 0.408 e. The monoisotopic (exact) mass is 476 g/mol. The van der Waals surface area contributed by atoms with Crippen LogP contribution in [0, 0.1) is 11.3 Å². The Balaban J connectivity index is 1.46. The number of ether oxygens (including phenoxy) is 2. The molecule has 2 amide bonds. The number of fused-ring (bicyclic) bond motifs is 1. The highest BCUT2D eigenvalue weighted by molar-refractivity contribution is 5.97. The van der Waals surface area contributed by atoms with Crippen molar-refractivity contribution >= 4 is 23.7 Å². The molecule has 1 aliphatic heterocycles. The van der Waals surface area contributed by atoms with Gasteiger partial charge in [-0.15, -0.1) is 0 Å². The van der Waals surface area contributed by atoms with E-state index in [2.05, 4.69) is 17.2 Å². The summed E-state index contributed by atoms with van der Waals surface area (Å²) >= 11 is 0. The summed E-state index contributed by atoms with van der Waals surface area (Å²) in [4.78, 5) is 38.1. The van der Waals surface area contributed by atoms with Crippen LogP contribution in [0.1, 0.15) is 50.8 Å². The van der Waals surface area contributed by atoms with E-state index in [9.17, 15) is 14.4 Å². The molecule has 0 aromatic heterocycles. The predicted molar refractivity (Wildman–Crippen MR) is 133 cm³/mol. The molecule has 2 N–H and O–H groups in total. The standard InChI is InChI=1S/C28H32N2O5/c1-18-14-21-17-34-25(32)28(21,15-18)16-19-10-12-22(13-11-19)29-24(31)23(20-8-6-5-7-9-20)30-26(33)35-27(2,3)4/h5-13,21,23H,1,14-17H2,2-4H3,(H,29,31)(H,30,33). The van der Waals surface area contributed by atoms with E-state index in [0.717, 1.165) is 17.6 Å². The fraction of sp³-hybridized carbons (Fsp3) is 0.393. The van der Waals surface area contributed by atoms with Crippen LogP contribution in [0.4, 0.5) is 10.5 Å². The van der Waals surface area contributed by atoms with Crippen molar-refractivity contribution in [1.82, 2.24) is 5.32 Å². The van der Waals surface area contributed by atoms with Crippen LogP contribution >= 0.6 is 0 Å². The van der Waals surface area contributed by atoms with Crippen LogP contribution in [-0.4, -0.2) is 30.2 Å². The minimum absolute atomic E-state index is 0.141. The van der Waals surface area contributed by atoms with Gasteiger partial charge in [-0.05, 0) is 63.3 Å². The largest absolute Gasteiger partial charge is 0.465 e. The number of esters is 1. The number of allylic oxidation sites excluding steroid dienone is 1. The Morgan fingerprint density at radius 1 is 1.14 bits per heavy atom. The van der Waals surface area contributed by atoms with Gasteiger partial charge in [0.25, 0.3) is 5.91 Å². The predicted octanol–water partition coefficient (Wildman–Crippen LogP) is 4.94.